The zero-order chi connectivity index (χ0) is 19.2. The van der Waals surface area contributed by atoms with E-state index in [9.17, 15) is 0 Å². The van der Waals surface area contributed by atoms with E-state index in [2.05, 4.69) is 39.9 Å². The van der Waals surface area contributed by atoms with Gasteiger partial charge in [0, 0.05) is 31.4 Å². The van der Waals surface area contributed by atoms with Crippen LogP contribution in [-0.2, 0) is 6.42 Å². The molecule has 0 saturated carbocycles. The molecule has 0 spiro atoms. The number of fused-ring (bicyclic) bond motifs is 1. The number of hydrogen-bond donors (Lipinski definition) is 0. The summed E-state index contributed by atoms with van der Waals surface area (Å²) >= 11 is 0. The van der Waals surface area contributed by atoms with Crippen LogP contribution in [0.5, 0.6) is 5.75 Å². The van der Waals surface area contributed by atoms with Crippen LogP contribution in [0, 0.1) is 0 Å². The molecule has 164 valence electrons. The minimum atomic E-state index is 0. The fourth-order valence-corrected chi connectivity index (χ4v) is 5.22. The second-order valence-electron chi connectivity index (χ2n) is 9.07. The fourth-order valence-electron chi connectivity index (χ4n) is 5.22. The molecule has 29 heavy (non-hydrogen) atoms. The highest BCUT2D eigenvalue weighted by molar-refractivity contribution is 5.58. The molecule has 0 bridgehead atoms. The number of ether oxygens (including phenoxy) is 1. The van der Waals surface area contributed by atoms with Gasteiger partial charge in [0.05, 0.1) is 6.61 Å². The van der Waals surface area contributed by atoms with Crippen LogP contribution in [0.2, 0.25) is 0 Å². The summed E-state index contributed by atoms with van der Waals surface area (Å²) in [5.74, 6) is 1.06. The lowest BCUT2D eigenvalue weighted by Crippen LogP contribution is -2.46. The van der Waals surface area contributed by atoms with Gasteiger partial charge < -0.3 is 24.9 Å². The number of rotatable bonds is 7. The van der Waals surface area contributed by atoms with Crippen LogP contribution in [-0.4, -0.2) is 74.2 Å². The molecule has 0 aromatic heterocycles. The van der Waals surface area contributed by atoms with E-state index in [0.29, 0.717) is 6.04 Å². The van der Waals surface area contributed by atoms with Crippen molar-refractivity contribution >= 4 is 5.69 Å². The third-order valence-corrected chi connectivity index (χ3v) is 6.95. The van der Waals surface area contributed by atoms with Crippen molar-refractivity contribution in [2.24, 2.45) is 0 Å². The molecule has 0 unspecified atom stereocenters. The van der Waals surface area contributed by atoms with Crippen molar-refractivity contribution in [2.75, 3.05) is 57.8 Å². The van der Waals surface area contributed by atoms with E-state index < -0.39 is 0 Å². The first-order valence-electron chi connectivity index (χ1n) is 11.7. The van der Waals surface area contributed by atoms with E-state index in [-0.39, 0.29) is 5.48 Å². The molecule has 3 heterocycles. The van der Waals surface area contributed by atoms with Crippen molar-refractivity contribution < 1.29 is 10.2 Å². The Labute approximate surface area is 177 Å². The van der Waals surface area contributed by atoms with Crippen molar-refractivity contribution in [3.05, 3.63) is 23.8 Å². The zero-order valence-corrected chi connectivity index (χ0v) is 18.4. The van der Waals surface area contributed by atoms with Gasteiger partial charge in [0.2, 0.25) is 0 Å². The van der Waals surface area contributed by atoms with Gasteiger partial charge in [-0.25, -0.2) is 0 Å². The maximum atomic E-state index is 6.11. The van der Waals surface area contributed by atoms with E-state index in [0.717, 1.165) is 18.8 Å². The van der Waals surface area contributed by atoms with Crippen molar-refractivity contribution in [3.8, 4) is 5.75 Å². The summed E-state index contributed by atoms with van der Waals surface area (Å²) in [6, 6.07) is 7.54. The van der Waals surface area contributed by atoms with Crippen LogP contribution in [0.15, 0.2) is 18.2 Å². The maximum absolute atomic E-state index is 6.11. The summed E-state index contributed by atoms with van der Waals surface area (Å²) in [5, 5.41) is 0. The number of likely N-dealkylation sites (N-methyl/N-ethyl adjacent to an activating group) is 1. The Morgan fingerprint density at radius 1 is 0.966 bits per heavy atom. The normalized spacial score (nSPS) is 23.3. The van der Waals surface area contributed by atoms with Gasteiger partial charge in [0.15, 0.2) is 0 Å². The van der Waals surface area contributed by atoms with Crippen LogP contribution in [0.4, 0.5) is 5.69 Å². The zero-order valence-electron chi connectivity index (χ0n) is 18.4. The van der Waals surface area contributed by atoms with Crippen LogP contribution in [0.3, 0.4) is 0 Å². The Balaban J connectivity index is 0.00000240. The van der Waals surface area contributed by atoms with E-state index >= 15 is 0 Å². The molecule has 2 N–H and O–H groups in total. The predicted molar refractivity (Wildman–Crippen MR) is 121 cm³/mol. The lowest BCUT2D eigenvalue weighted by atomic mass is 9.98. The number of nitrogens with zero attached hydrogens (tertiary/aromatic N) is 3. The smallest absolute Gasteiger partial charge is 0.119 e. The minimum Gasteiger partial charge on any atom is -0.494 e. The summed E-state index contributed by atoms with van der Waals surface area (Å²) in [6.45, 7) is 8.23. The summed E-state index contributed by atoms with van der Waals surface area (Å²) in [4.78, 5) is 7.79. The van der Waals surface area contributed by atoms with E-state index in [1.807, 2.05) is 0 Å². The largest absolute Gasteiger partial charge is 0.494 e. The molecular weight excluding hydrogens is 362 g/mol. The summed E-state index contributed by atoms with van der Waals surface area (Å²) in [7, 11) is 2.30. The van der Waals surface area contributed by atoms with Crippen molar-refractivity contribution in [2.45, 2.75) is 63.8 Å². The highest BCUT2D eigenvalue weighted by Crippen LogP contribution is 2.31. The van der Waals surface area contributed by atoms with Crippen molar-refractivity contribution in [1.29, 1.82) is 0 Å². The fraction of sp³-hybridized carbons (Fsp3) is 0.750. The molecule has 3 aliphatic rings. The SMILES string of the molecule is CN1CCCC[C@H]1CN1CCCc2cc(OCCCN3CCCCC3)ccc21.O. The molecule has 5 heteroatoms. The molecule has 2 fully saturated rings. The Morgan fingerprint density at radius 2 is 1.79 bits per heavy atom. The summed E-state index contributed by atoms with van der Waals surface area (Å²) in [5.41, 5.74) is 2.93. The Morgan fingerprint density at radius 3 is 2.62 bits per heavy atom. The van der Waals surface area contributed by atoms with Crippen molar-refractivity contribution in [3.63, 3.8) is 0 Å². The number of benzene rings is 1. The summed E-state index contributed by atoms with van der Waals surface area (Å²) < 4.78 is 6.11. The lowest BCUT2D eigenvalue weighted by Gasteiger charge is -2.39. The first kappa shape index (κ1) is 22.4. The average Bonchev–Trinajstić information content (AvgIpc) is 2.74. The highest BCUT2D eigenvalue weighted by atomic mass is 16.5. The minimum absolute atomic E-state index is 0. The molecule has 0 amide bonds. The summed E-state index contributed by atoms with van der Waals surface area (Å²) in [6.07, 6.45) is 11.9. The average molecular weight is 404 g/mol. The van der Waals surface area contributed by atoms with Gasteiger partial charge in [-0.05, 0) is 95.4 Å². The maximum Gasteiger partial charge on any atom is 0.119 e. The third kappa shape index (κ3) is 6.09. The standard InChI is InChI=1S/C24H39N3O.H2O/c1-25-13-6-3-10-22(25)20-27-17-7-9-21-19-23(11-12-24(21)27)28-18-8-16-26-14-4-2-5-15-26;/h11-12,19,22H,2-10,13-18,20H2,1H3;1H2/t22-;/m0./s1. The third-order valence-electron chi connectivity index (χ3n) is 6.95. The van der Waals surface area contributed by atoms with Crippen molar-refractivity contribution in [1.82, 2.24) is 9.80 Å². The Bertz CT molecular complexity index is 618. The molecular formula is C24H41N3O2. The topological polar surface area (TPSA) is 50.5 Å². The second-order valence-corrected chi connectivity index (χ2v) is 9.07. The number of aryl methyl sites for hydroxylation is 1. The van der Waals surface area contributed by atoms with Gasteiger partial charge in [-0.2, -0.15) is 0 Å². The van der Waals surface area contributed by atoms with E-state index in [1.54, 1.807) is 0 Å². The first-order chi connectivity index (χ1) is 13.8. The lowest BCUT2D eigenvalue weighted by molar-refractivity contribution is 0.188. The van der Waals surface area contributed by atoms with Gasteiger partial charge in [-0.3, -0.25) is 0 Å². The highest BCUT2D eigenvalue weighted by Gasteiger charge is 2.24. The van der Waals surface area contributed by atoms with Gasteiger partial charge in [-0.15, -0.1) is 0 Å². The molecule has 5 nitrogen and oxygen atoms in total. The molecule has 1 aromatic carbocycles. The number of likely N-dealkylation sites (tertiary alicyclic amines) is 2. The van der Waals surface area contributed by atoms with E-state index in [1.165, 1.54) is 102 Å². The van der Waals surface area contributed by atoms with E-state index in [4.69, 9.17) is 4.74 Å². The van der Waals surface area contributed by atoms with Gasteiger partial charge in [0.1, 0.15) is 5.75 Å². The molecule has 1 aromatic rings. The Hall–Kier alpha value is -1.30. The quantitative estimate of drug-likeness (QED) is 0.655. The monoisotopic (exact) mass is 403 g/mol. The van der Waals surface area contributed by atoms with Gasteiger partial charge in [-0.1, -0.05) is 12.8 Å². The number of hydrogen-bond acceptors (Lipinski definition) is 4. The molecule has 2 saturated heterocycles. The van der Waals surface area contributed by atoms with Gasteiger partial charge in [0.25, 0.3) is 0 Å². The molecule has 3 aliphatic heterocycles. The first-order valence-corrected chi connectivity index (χ1v) is 11.7. The molecule has 0 radical (unpaired) electrons. The van der Waals surface area contributed by atoms with Crippen LogP contribution >= 0.6 is 0 Å². The number of anilines is 1. The van der Waals surface area contributed by atoms with Crippen LogP contribution < -0.4 is 9.64 Å². The van der Waals surface area contributed by atoms with Crippen LogP contribution in [0.1, 0.15) is 56.9 Å². The second kappa shape index (κ2) is 11.2. The predicted octanol–water partition coefficient (Wildman–Crippen LogP) is 3.35. The molecule has 1 atom stereocenters. The number of piperidine rings is 2. The molecule has 4 rings (SSSR count). The Kier molecular flexibility index (Phi) is 8.64. The van der Waals surface area contributed by atoms with Crippen LogP contribution in [0.25, 0.3) is 0 Å². The van der Waals surface area contributed by atoms with Gasteiger partial charge >= 0.3 is 0 Å². The molecule has 0 aliphatic carbocycles.